The van der Waals surface area contributed by atoms with Crippen LogP contribution >= 0.6 is 0 Å². The molecule has 1 aromatic carbocycles. The quantitative estimate of drug-likeness (QED) is 0.744. The molecule has 1 aliphatic carbocycles. The minimum absolute atomic E-state index is 0.0667. The molecule has 1 aromatic heterocycles. The van der Waals surface area contributed by atoms with Crippen LogP contribution in [0.3, 0.4) is 0 Å². The fourth-order valence-electron chi connectivity index (χ4n) is 4.17. The van der Waals surface area contributed by atoms with Gasteiger partial charge in [0, 0.05) is 61.6 Å². The van der Waals surface area contributed by atoms with Gasteiger partial charge in [-0.15, -0.1) is 0 Å². The molecule has 4 rings (SSSR count). The van der Waals surface area contributed by atoms with Crippen molar-refractivity contribution in [2.75, 3.05) is 44.7 Å². The summed E-state index contributed by atoms with van der Waals surface area (Å²) in [6, 6.07) is 6.20. The van der Waals surface area contributed by atoms with Gasteiger partial charge in [-0.2, -0.15) is 8.42 Å². The number of nitrogens with zero attached hydrogens (tertiary/aromatic N) is 3. The average molecular weight is 406 g/mol. The maximum atomic E-state index is 11.2. The van der Waals surface area contributed by atoms with Crippen molar-refractivity contribution in [2.45, 2.75) is 25.3 Å². The van der Waals surface area contributed by atoms with Crippen molar-refractivity contribution in [2.24, 2.45) is 5.14 Å². The number of hydrogen-bond donors (Lipinski definition) is 2. The zero-order valence-corrected chi connectivity index (χ0v) is 17.1. The molecule has 2 heterocycles. The van der Waals surface area contributed by atoms with Crippen LogP contribution < -0.4 is 19.5 Å². The number of fused-ring (bicyclic) bond motifs is 1. The van der Waals surface area contributed by atoms with Crippen LogP contribution in [-0.2, 0) is 10.2 Å². The molecule has 0 radical (unpaired) electrons. The highest BCUT2D eigenvalue weighted by Crippen LogP contribution is 2.42. The lowest BCUT2D eigenvalue weighted by Crippen LogP contribution is -2.55. The summed E-state index contributed by atoms with van der Waals surface area (Å²) in [4.78, 5) is 9.29. The van der Waals surface area contributed by atoms with Gasteiger partial charge in [-0.3, -0.25) is 9.88 Å². The molecule has 8 nitrogen and oxygen atoms in total. The van der Waals surface area contributed by atoms with Crippen molar-refractivity contribution in [3.63, 3.8) is 0 Å². The molecule has 2 aliphatic rings. The number of aromatic nitrogens is 1. The van der Waals surface area contributed by atoms with Crippen LogP contribution in [0.5, 0.6) is 5.75 Å². The van der Waals surface area contributed by atoms with Crippen LogP contribution in [0.2, 0.25) is 0 Å². The number of anilines is 1. The predicted octanol–water partition coefficient (Wildman–Crippen LogP) is 1.000. The van der Waals surface area contributed by atoms with E-state index in [-0.39, 0.29) is 5.54 Å². The second-order valence-electron chi connectivity index (χ2n) is 7.73. The maximum Gasteiger partial charge on any atom is 0.274 e. The summed E-state index contributed by atoms with van der Waals surface area (Å²) >= 11 is 0. The molecule has 1 saturated heterocycles. The number of piperazine rings is 1. The third kappa shape index (κ3) is 3.80. The van der Waals surface area contributed by atoms with Crippen molar-refractivity contribution in [1.29, 1.82) is 0 Å². The Hall–Kier alpha value is -1.94. The molecule has 2 aromatic rings. The first kappa shape index (κ1) is 19.4. The molecule has 0 bridgehead atoms. The van der Waals surface area contributed by atoms with Crippen molar-refractivity contribution < 1.29 is 13.2 Å². The van der Waals surface area contributed by atoms with Crippen LogP contribution in [0.1, 0.15) is 18.4 Å². The Bertz CT molecular complexity index is 982. The van der Waals surface area contributed by atoms with E-state index in [2.05, 4.69) is 31.6 Å². The molecule has 0 amide bonds. The van der Waals surface area contributed by atoms with Crippen LogP contribution in [0.25, 0.3) is 10.9 Å². The van der Waals surface area contributed by atoms with Gasteiger partial charge in [0.05, 0.1) is 12.6 Å². The SMILES string of the molecule is COc1cc2nccc(N3CCN(C4(CNS(N)(=O)=O)CC4)CC3)c2cc1C. The third-order valence-corrected chi connectivity index (χ3v) is 6.50. The molecular weight excluding hydrogens is 378 g/mol. The maximum absolute atomic E-state index is 11.2. The van der Waals surface area contributed by atoms with Crippen LogP contribution in [0.15, 0.2) is 24.4 Å². The molecule has 9 heteroatoms. The van der Waals surface area contributed by atoms with Crippen molar-refractivity contribution in [1.82, 2.24) is 14.6 Å². The number of pyridine rings is 1. The van der Waals surface area contributed by atoms with E-state index in [0.717, 1.165) is 61.2 Å². The number of hydrogen-bond acceptors (Lipinski definition) is 6. The van der Waals surface area contributed by atoms with Gasteiger partial charge in [0.2, 0.25) is 0 Å². The first-order valence-corrected chi connectivity index (χ1v) is 11.1. The Kier molecular flexibility index (Phi) is 4.95. The summed E-state index contributed by atoms with van der Waals surface area (Å²) in [7, 11) is -1.97. The van der Waals surface area contributed by atoms with E-state index in [1.807, 2.05) is 19.2 Å². The van der Waals surface area contributed by atoms with Gasteiger partial charge >= 0.3 is 0 Å². The second kappa shape index (κ2) is 7.14. The highest BCUT2D eigenvalue weighted by atomic mass is 32.2. The summed E-state index contributed by atoms with van der Waals surface area (Å²) in [5.74, 6) is 0.847. The monoisotopic (exact) mass is 405 g/mol. The van der Waals surface area contributed by atoms with Gasteiger partial charge in [0.15, 0.2) is 0 Å². The summed E-state index contributed by atoms with van der Waals surface area (Å²) in [5.41, 5.74) is 3.14. The Labute approximate surface area is 165 Å². The number of benzene rings is 1. The molecule has 152 valence electrons. The Balaban J connectivity index is 1.49. The standard InChI is InChI=1S/C19H27N5O3S/c1-14-11-15-16(12-18(14)27-2)21-6-3-17(15)23-7-9-24(10-8-23)19(4-5-19)13-22-28(20,25)26/h3,6,11-12,22H,4-5,7-10,13H2,1-2H3,(H2,20,25,26). The minimum atomic E-state index is -3.65. The first-order valence-electron chi connectivity index (χ1n) is 9.52. The van der Waals surface area contributed by atoms with E-state index < -0.39 is 10.2 Å². The molecular formula is C19H27N5O3S. The zero-order chi connectivity index (χ0) is 19.9. The molecule has 0 spiro atoms. The van der Waals surface area contributed by atoms with Crippen molar-refractivity contribution >= 4 is 26.8 Å². The van der Waals surface area contributed by atoms with Gasteiger partial charge in [-0.25, -0.2) is 9.86 Å². The first-order chi connectivity index (χ1) is 13.3. The second-order valence-corrected chi connectivity index (χ2v) is 9.11. The fourth-order valence-corrected chi connectivity index (χ4v) is 4.64. The minimum Gasteiger partial charge on any atom is -0.496 e. The summed E-state index contributed by atoms with van der Waals surface area (Å²) in [6.45, 7) is 6.00. The predicted molar refractivity (Wildman–Crippen MR) is 110 cm³/mol. The molecule has 3 N–H and O–H groups in total. The highest BCUT2D eigenvalue weighted by Gasteiger charge is 2.48. The Morgan fingerprint density at radius 3 is 2.57 bits per heavy atom. The fraction of sp³-hybridized carbons (Fsp3) is 0.526. The normalized spacial score (nSPS) is 19.8. The van der Waals surface area contributed by atoms with E-state index in [0.29, 0.717) is 6.54 Å². The van der Waals surface area contributed by atoms with Gasteiger partial charge in [-0.05, 0) is 37.5 Å². The Morgan fingerprint density at radius 2 is 1.96 bits per heavy atom. The van der Waals surface area contributed by atoms with Crippen molar-refractivity contribution in [3.8, 4) is 5.75 Å². The molecule has 1 saturated carbocycles. The topological polar surface area (TPSA) is 101 Å². The van der Waals surface area contributed by atoms with E-state index in [9.17, 15) is 8.42 Å². The lowest BCUT2D eigenvalue weighted by Gasteiger charge is -2.41. The summed E-state index contributed by atoms with van der Waals surface area (Å²) < 4.78 is 30.4. The van der Waals surface area contributed by atoms with Crippen molar-refractivity contribution in [3.05, 3.63) is 30.0 Å². The lowest BCUT2D eigenvalue weighted by atomic mass is 10.1. The zero-order valence-electron chi connectivity index (χ0n) is 16.3. The Morgan fingerprint density at radius 1 is 1.25 bits per heavy atom. The van der Waals surface area contributed by atoms with Crippen LogP contribution in [0, 0.1) is 6.92 Å². The van der Waals surface area contributed by atoms with Gasteiger partial charge in [0.25, 0.3) is 10.2 Å². The number of nitrogens with one attached hydrogen (secondary N) is 1. The number of nitrogens with two attached hydrogens (primary N) is 1. The van der Waals surface area contributed by atoms with Gasteiger partial charge in [0.1, 0.15) is 5.75 Å². The largest absolute Gasteiger partial charge is 0.496 e. The van der Waals surface area contributed by atoms with E-state index in [1.54, 1.807) is 7.11 Å². The summed E-state index contributed by atoms with van der Waals surface area (Å²) in [6.07, 6.45) is 3.86. The molecule has 0 atom stereocenters. The number of rotatable bonds is 6. The third-order valence-electron chi connectivity index (χ3n) is 5.96. The highest BCUT2D eigenvalue weighted by molar-refractivity contribution is 7.87. The molecule has 1 aliphatic heterocycles. The molecule has 28 heavy (non-hydrogen) atoms. The van der Waals surface area contributed by atoms with Gasteiger partial charge < -0.3 is 9.64 Å². The smallest absolute Gasteiger partial charge is 0.274 e. The van der Waals surface area contributed by atoms with E-state index in [4.69, 9.17) is 9.88 Å². The lowest BCUT2D eigenvalue weighted by molar-refractivity contribution is 0.168. The summed E-state index contributed by atoms with van der Waals surface area (Å²) in [5, 5.41) is 6.23. The molecule has 0 unspecified atom stereocenters. The van der Waals surface area contributed by atoms with Gasteiger partial charge in [-0.1, -0.05) is 0 Å². The average Bonchev–Trinajstić information content (AvgIpc) is 3.46. The van der Waals surface area contributed by atoms with Crippen LogP contribution in [-0.4, -0.2) is 63.7 Å². The number of methoxy groups -OCH3 is 1. The number of ether oxygens (including phenoxy) is 1. The van der Waals surface area contributed by atoms with E-state index >= 15 is 0 Å². The van der Waals surface area contributed by atoms with E-state index in [1.165, 1.54) is 5.69 Å². The van der Waals surface area contributed by atoms with Crippen LogP contribution in [0.4, 0.5) is 5.69 Å². The number of aryl methyl sites for hydroxylation is 1. The molecule has 2 fully saturated rings.